The van der Waals surface area contributed by atoms with Crippen LogP contribution in [-0.4, -0.2) is 56.6 Å². The summed E-state index contributed by atoms with van der Waals surface area (Å²) in [5, 5.41) is 10.2. The second-order valence-electron chi connectivity index (χ2n) is 7.30. The van der Waals surface area contributed by atoms with Crippen molar-refractivity contribution >= 4 is 51.8 Å². The zero-order valence-electron chi connectivity index (χ0n) is 16.8. The van der Waals surface area contributed by atoms with Crippen LogP contribution in [0.3, 0.4) is 0 Å². The Morgan fingerprint density at radius 3 is 2.74 bits per heavy atom. The summed E-state index contributed by atoms with van der Waals surface area (Å²) in [7, 11) is 0. The van der Waals surface area contributed by atoms with E-state index in [-0.39, 0.29) is 5.91 Å². The number of hydrogen-bond acceptors (Lipinski definition) is 7. The van der Waals surface area contributed by atoms with Crippen molar-refractivity contribution in [3.8, 4) is 0 Å². The van der Waals surface area contributed by atoms with Crippen molar-refractivity contribution in [2.45, 2.75) is 6.92 Å². The summed E-state index contributed by atoms with van der Waals surface area (Å²) < 4.78 is 1.65. The van der Waals surface area contributed by atoms with Crippen LogP contribution in [0.5, 0.6) is 0 Å². The van der Waals surface area contributed by atoms with Gasteiger partial charge in [-0.1, -0.05) is 17.7 Å². The maximum atomic E-state index is 12.6. The molecular formula is C21H20ClN7OS. The molecule has 1 aliphatic heterocycles. The molecule has 0 radical (unpaired) electrons. The molecule has 4 aromatic rings. The highest BCUT2D eigenvalue weighted by atomic mass is 35.5. The minimum absolute atomic E-state index is 0.104. The summed E-state index contributed by atoms with van der Waals surface area (Å²) in [4.78, 5) is 26.0. The first-order valence-electron chi connectivity index (χ1n) is 9.90. The van der Waals surface area contributed by atoms with Gasteiger partial charge in [0.25, 0.3) is 11.7 Å². The van der Waals surface area contributed by atoms with Crippen LogP contribution in [0.4, 0.5) is 17.2 Å². The molecule has 8 nitrogen and oxygen atoms in total. The Hall–Kier alpha value is -3.17. The van der Waals surface area contributed by atoms with Crippen molar-refractivity contribution in [2.24, 2.45) is 0 Å². The van der Waals surface area contributed by atoms with E-state index >= 15 is 0 Å². The van der Waals surface area contributed by atoms with E-state index < -0.39 is 0 Å². The van der Waals surface area contributed by atoms with Crippen molar-refractivity contribution in [1.29, 1.82) is 0 Å². The number of benzene rings is 1. The largest absolute Gasteiger partial charge is 0.367 e. The molecule has 0 atom stereocenters. The second-order valence-corrected chi connectivity index (χ2v) is 8.66. The smallest absolute Gasteiger partial charge is 0.264 e. The molecule has 158 valence electrons. The topological polar surface area (TPSA) is 78.7 Å². The monoisotopic (exact) mass is 453 g/mol. The molecule has 4 heterocycles. The number of carbonyl (C=O) groups excluding carboxylic acids is 1. The molecule has 1 aliphatic rings. The fourth-order valence-corrected chi connectivity index (χ4v) is 4.71. The summed E-state index contributed by atoms with van der Waals surface area (Å²) in [6, 6.07) is 11.6. The molecule has 1 fully saturated rings. The quantitative estimate of drug-likeness (QED) is 0.505. The van der Waals surface area contributed by atoms with Crippen LogP contribution in [0, 0.1) is 6.92 Å². The highest BCUT2D eigenvalue weighted by molar-refractivity contribution is 7.12. The van der Waals surface area contributed by atoms with Gasteiger partial charge < -0.3 is 15.1 Å². The lowest BCUT2D eigenvalue weighted by Gasteiger charge is -2.36. The minimum Gasteiger partial charge on any atom is -0.367 e. The van der Waals surface area contributed by atoms with E-state index in [1.165, 1.54) is 17.7 Å². The number of piperazine rings is 1. The van der Waals surface area contributed by atoms with Gasteiger partial charge in [0.15, 0.2) is 0 Å². The average molecular weight is 454 g/mol. The van der Waals surface area contributed by atoms with E-state index in [2.05, 4.69) is 25.3 Å². The maximum Gasteiger partial charge on any atom is 0.264 e. The molecule has 3 aromatic heterocycles. The van der Waals surface area contributed by atoms with Gasteiger partial charge in [0.05, 0.1) is 15.6 Å². The minimum atomic E-state index is 0.104. The van der Waals surface area contributed by atoms with E-state index in [0.29, 0.717) is 23.9 Å². The Balaban J connectivity index is 1.29. The van der Waals surface area contributed by atoms with Crippen molar-refractivity contribution in [3.63, 3.8) is 0 Å². The molecular weight excluding hydrogens is 434 g/mol. The lowest BCUT2D eigenvalue weighted by atomic mass is 10.2. The Labute approximate surface area is 188 Å². The number of halogens is 1. The molecule has 0 aliphatic carbocycles. The molecule has 0 unspecified atom stereocenters. The molecule has 1 aromatic carbocycles. The number of anilines is 3. The Morgan fingerprint density at radius 2 is 2.00 bits per heavy atom. The van der Waals surface area contributed by atoms with Gasteiger partial charge in [-0.3, -0.25) is 4.79 Å². The van der Waals surface area contributed by atoms with Crippen molar-refractivity contribution in [1.82, 2.24) is 24.5 Å². The summed E-state index contributed by atoms with van der Waals surface area (Å²) >= 11 is 8.11. The fourth-order valence-electron chi connectivity index (χ4n) is 3.72. The molecule has 1 amide bonds. The van der Waals surface area contributed by atoms with E-state index in [4.69, 9.17) is 11.6 Å². The highest BCUT2D eigenvalue weighted by Crippen LogP contribution is 2.31. The van der Waals surface area contributed by atoms with Crippen LogP contribution in [-0.2, 0) is 0 Å². The van der Waals surface area contributed by atoms with E-state index in [9.17, 15) is 4.79 Å². The van der Waals surface area contributed by atoms with Crippen molar-refractivity contribution in [2.75, 3.05) is 36.4 Å². The number of aryl methyl sites for hydroxylation is 1. The molecule has 31 heavy (non-hydrogen) atoms. The van der Waals surface area contributed by atoms with Crippen LogP contribution in [0.1, 0.15) is 15.4 Å². The zero-order valence-corrected chi connectivity index (χ0v) is 18.4. The number of fused-ring (bicyclic) bond motifs is 1. The van der Waals surface area contributed by atoms with Crippen LogP contribution in [0.25, 0.3) is 5.78 Å². The van der Waals surface area contributed by atoms with Crippen molar-refractivity contribution in [3.05, 3.63) is 63.7 Å². The van der Waals surface area contributed by atoms with Gasteiger partial charge in [-0.25, -0.2) is 4.98 Å². The Bertz CT molecular complexity index is 1230. The molecule has 0 bridgehead atoms. The first-order valence-corrected chi connectivity index (χ1v) is 11.2. The van der Waals surface area contributed by atoms with Crippen LogP contribution >= 0.6 is 22.9 Å². The zero-order chi connectivity index (χ0) is 21.4. The summed E-state index contributed by atoms with van der Waals surface area (Å²) in [6.45, 7) is 4.75. The van der Waals surface area contributed by atoms with Crippen LogP contribution < -0.4 is 10.2 Å². The lowest BCUT2D eigenvalue weighted by molar-refractivity contribution is 0.0751. The molecule has 5 rings (SSSR count). The van der Waals surface area contributed by atoms with Crippen LogP contribution in [0.15, 0.2) is 48.1 Å². The van der Waals surface area contributed by atoms with Crippen LogP contribution in [0.2, 0.25) is 5.02 Å². The van der Waals surface area contributed by atoms with Gasteiger partial charge in [0.2, 0.25) is 0 Å². The number of nitrogens with one attached hydrogen (secondary N) is 1. The van der Waals surface area contributed by atoms with Gasteiger partial charge in [-0.2, -0.15) is 14.6 Å². The molecule has 1 N–H and O–H groups in total. The molecule has 0 saturated carbocycles. The number of thiophene rings is 1. The van der Waals surface area contributed by atoms with Crippen molar-refractivity contribution < 1.29 is 4.79 Å². The van der Waals surface area contributed by atoms with Gasteiger partial charge in [0.1, 0.15) is 12.1 Å². The third kappa shape index (κ3) is 3.94. The number of hydrogen-bond donors (Lipinski definition) is 1. The SMILES string of the molecule is Cc1cc(Nc2ccc(N3CCN(C(=O)c4cccs4)CC3)c(Cl)c2)n2ncnc2n1. The third-order valence-corrected chi connectivity index (χ3v) is 6.40. The number of rotatable bonds is 4. The maximum absolute atomic E-state index is 12.6. The highest BCUT2D eigenvalue weighted by Gasteiger charge is 2.24. The standard InChI is InChI=1S/C21H20ClN7OS/c1-14-11-19(29-21(25-14)23-13-24-29)26-15-4-5-17(16(22)12-15)27-6-8-28(9-7-27)20(30)18-3-2-10-31-18/h2-5,10-13,26H,6-9H2,1H3. The third-order valence-electron chi connectivity index (χ3n) is 5.24. The van der Waals surface area contributed by atoms with E-state index in [0.717, 1.165) is 40.9 Å². The number of amides is 1. The number of carbonyl (C=O) groups is 1. The second kappa shape index (κ2) is 8.16. The van der Waals surface area contributed by atoms with Gasteiger partial charge in [-0.05, 0) is 36.6 Å². The number of aromatic nitrogens is 4. The normalized spacial score (nSPS) is 14.3. The van der Waals surface area contributed by atoms with E-state index in [1.54, 1.807) is 4.52 Å². The van der Waals surface area contributed by atoms with Gasteiger partial charge in [-0.15, -0.1) is 11.3 Å². The average Bonchev–Trinajstić information content (AvgIpc) is 3.46. The van der Waals surface area contributed by atoms with Gasteiger partial charge in [0, 0.05) is 43.6 Å². The molecule has 0 spiro atoms. The predicted molar refractivity (Wildman–Crippen MR) is 123 cm³/mol. The first kappa shape index (κ1) is 19.8. The summed E-state index contributed by atoms with van der Waals surface area (Å²) in [5.74, 6) is 1.41. The summed E-state index contributed by atoms with van der Waals surface area (Å²) in [5.41, 5.74) is 2.66. The Morgan fingerprint density at radius 1 is 1.16 bits per heavy atom. The lowest BCUT2D eigenvalue weighted by Crippen LogP contribution is -2.48. The molecule has 10 heteroatoms. The van der Waals surface area contributed by atoms with E-state index in [1.807, 2.05) is 53.6 Å². The summed E-state index contributed by atoms with van der Waals surface area (Å²) in [6.07, 6.45) is 1.48. The number of nitrogens with zero attached hydrogens (tertiary/aromatic N) is 6. The Kier molecular flexibility index (Phi) is 5.21. The molecule has 1 saturated heterocycles. The fraction of sp³-hybridized carbons (Fsp3) is 0.238. The van der Waals surface area contributed by atoms with Gasteiger partial charge >= 0.3 is 0 Å². The predicted octanol–water partition coefficient (Wildman–Crippen LogP) is 3.85. The first-order chi connectivity index (χ1) is 15.1.